The van der Waals surface area contributed by atoms with Gasteiger partial charge in [0.25, 0.3) is 5.91 Å². The van der Waals surface area contributed by atoms with Crippen LogP contribution in [0.25, 0.3) is 0 Å². The van der Waals surface area contributed by atoms with Crippen LogP contribution >= 0.6 is 12.4 Å². The van der Waals surface area contributed by atoms with Crippen LogP contribution in [0.4, 0.5) is 5.69 Å². The molecule has 1 amide bonds. The fraction of sp³-hybridized carbons (Fsp3) is 0.533. The maximum Gasteiger partial charge on any atom is 0.254 e. The minimum Gasteiger partial charge on any atom is -0.399 e. The van der Waals surface area contributed by atoms with Crippen molar-refractivity contribution in [1.82, 2.24) is 9.62 Å². The van der Waals surface area contributed by atoms with Crippen LogP contribution in [0.15, 0.2) is 18.2 Å². The van der Waals surface area contributed by atoms with E-state index < -0.39 is 10.0 Å². The Morgan fingerprint density at radius 1 is 1.43 bits per heavy atom. The van der Waals surface area contributed by atoms with E-state index in [0.29, 0.717) is 30.9 Å². The van der Waals surface area contributed by atoms with Gasteiger partial charge in [0.2, 0.25) is 10.0 Å². The molecule has 1 aliphatic heterocycles. The second-order valence-corrected chi connectivity index (χ2v) is 7.79. The Balaban J connectivity index is 0.00000264. The number of carbonyl (C=O) groups is 1. The largest absolute Gasteiger partial charge is 0.399 e. The van der Waals surface area contributed by atoms with Crippen LogP contribution in [-0.4, -0.2) is 45.1 Å². The number of aryl methyl sites for hydroxylation is 1. The third kappa shape index (κ3) is 5.67. The van der Waals surface area contributed by atoms with Gasteiger partial charge in [-0.15, -0.1) is 12.4 Å². The minimum absolute atomic E-state index is 0. The molecule has 2 rings (SSSR count). The first-order valence-corrected chi connectivity index (χ1v) is 9.25. The maximum absolute atomic E-state index is 12.7. The van der Waals surface area contributed by atoms with Crippen LogP contribution in [0, 0.1) is 12.8 Å². The van der Waals surface area contributed by atoms with E-state index in [2.05, 4.69) is 4.72 Å². The van der Waals surface area contributed by atoms with E-state index >= 15 is 0 Å². The Bertz CT molecular complexity index is 664. The predicted molar refractivity (Wildman–Crippen MR) is 94.3 cm³/mol. The third-order valence-electron chi connectivity index (χ3n) is 3.93. The lowest BCUT2D eigenvalue weighted by Crippen LogP contribution is -2.43. The molecule has 23 heavy (non-hydrogen) atoms. The zero-order chi connectivity index (χ0) is 16.3. The molecule has 1 atom stereocenters. The molecule has 0 aliphatic carbocycles. The normalized spacial score (nSPS) is 18.3. The topological polar surface area (TPSA) is 92.5 Å². The van der Waals surface area contributed by atoms with Gasteiger partial charge in [-0.25, -0.2) is 13.1 Å². The van der Waals surface area contributed by atoms with E-state index in [4.69, 9.17) is 5.73 Å². The molecule has 0 radical (unpaired) electrons. The van der Waals surface area contributed by atoms with Crippen LogP contribution in [-0.2, 0) is 10.0 Å². The second kappa shape index (κ2) is 7.99. The number of halogens is 1. The van der Waals surface area contributed by atoms with Crippen LogP contribution in [0.2, 0.25) is 0 Å². The highest BCUT2D eigenvalue weighted by Gasteiger charge is 2.25. The maximum atomic E-state index is 12.7. The molecule has 1 unspecified atom stereocenters. The second-order valence-electron chi connectivity index (χ2n) is 5.95. The predicted octanol–water partition coefficient (Wildman–Crippen LogP) is 1.40. The first-order chi connectivity index (χ1) is 10.3. The average Bonchev–Trinajstić information content (AvgIpc) is 2.46. The summed E-state index contributed by atoms with van der Waals surface area (Å²) in [5, 5.41) is 0. The molecule has 8 heteroatoms. The Hall–Kier alpha value is -1.31. The number of nitrogens with zero attached hydrogens (tertiary/aromatic N) is 1. The highest BCUT2D eigenvalue weighted by atomic mass is 35.5. The number of benzene rings is 1. The number of sulfonamides is 1. The highest BCUT2D eigenvalue weighted by molar-refractivity contribution is 7.88. The number of hydrogen-bond donors (Lipinski definition) is 2. The van der Waals surface area contributed by atoms with Gasteiger partial charge in [-0.1, -0.05) is 6.07 Å². The molecule has 1 fully saturated rings. The molecule has 1 aromatic carbocycles. The number of carbonyl (C=O) groups excluding carboxylic acids is 1. The molecule has 130 valence electrons. The van der Waals surface area contributed by atoms with Crippen molar-refractivity contribution in [3.63, 3.8) is 0 Å². The van der Waals surface area contributed by atoms with Gasteiger partial charge in [0, 0.05) is 30.9 Å². The summed E-state index contributed by atoms with van der Waals surface area (Å²) in [7, 11) is -3.20. The number of nitrogen functional groups attached to an aromatic ring is 1. The van der Waals surface area contributed by atoms with Gasteiger partial charge < -0.3 is 10.6 Å². The minimum atomic E-state index is -3.20. The quantitative estimate of drug-likeness (QED) is 0.793. The number of nitrogens with two attached hydrogens (primary N) is 1. The molecular weight excluding hydrogens is 338 g/mol. The summed E-state index contributed by atoms with van der Waals surface area (Å²) >= 11 is 0. The standard InChI is InChI=1S/C15H23N3O3S.ClH/c1-11-5-6-13(16)8-14(11)15(19)18-7-3-4-12(10-18)9-17-22(2,20)21;/h5-6,8,12,17H,3-4,7,9-10,16H2,1-2H3;1H. The van der Waals surface area contributed by atoms with Crippen molar-refractivity contribution < 1.29 is 13.2 Å². The monoisotopic (exact) mass is 361 g/mol. The molecule has 0 saturated carbocycles. The summed E-state index contributed by atoms with van der Waals surface area (Å²) < 4.78 is 24.9. The fourth-order valence-corrected chi connectivity index (χ4v) is 3.26. The van der Waals surface area contributed by atoms with Crippen LogP contribution in [0.1, 0.15) is 28.8 Å². The number of likely N-dealkylation sites (tertiary alicyclic amines) is 1. The van der Waals surface area contributed by atoms with Crippen molar-refractivity contribution in [2.75, 3.05) is 31.6 Å². The lowest BCUT2D eigenvalue weighted by Gasteiger charge is -2.33. The molecule has 1 heterocycles. The number of hydrogen-bond acceptors (Lipinski definition) is 4. The molecule has 0 bridgehead atoms. The molecule has 1 saturated heterocycles. The van der Waals surface area contributed by atoms with Gasteiger partial charge in [-0.05, 0) is 43.4 Å². The van der Waals surface area contributed by atoms with Crippen molar-refractivity contribution in [3.8, 4) is 0 Å². The van der Waals surface area contributed by atoms with Crippen molar-refractivity contribution in [2.24, 2.45) is 5.92 Å². The number of amides is 1. The van der Waals surface area contributed by atoms with Gasteiger partial charge in [0.15, 0.2) is 0 Å². The van der Waals surface area contributed by atoms with E-state index in [9.17, 15) is 13.2 Å². The SMILES string of the molecule is Cc1ccc(N)cc1C(=O)N1CCCC(CNS(C)(=O)=O)C1.Cl. The fourth-order valence-electron chi connectivity index (χ4n) is 2.73. The van der Waals surface area contributed by atoms with Crippen LogP contribution < -0.4 is 10.5 Å². The summed E-state index contributed by atoms with van der Waals surface area (Å²) in [6.45, 7) is 3.52. The van der Waals surface area contributed by atoms with E-state index in [1.54, 1.807) is 17.0 Å². The van der Waals surface area contributed by atoms with Gasteiger partial charge in [0.1, 0.15) is 0 Å². The van der Waals surface area contributed by atoms with E-state index in [1.165, 1.54) is 0 Å². The molecule has 1 aliphatic rings. The van der Waals surface area contributed by atoms with Gasteiger partial charge in [-0.2, -0.15) is 0 Å². The molecule has 0 spiro atoms. The number of anilines is 1. The van der Waals surface area contributed by atoms with E-state index in [1.807, 2.05) is 13.0 Å². The van der Waals surface area contributed by atoms with Crippen molar-refractivity contribution in [1.29, 1.82) is 0 Å². The Kier molecular flexibility index (Phi) is 6.85. The van der Waals surface area contributed by atoms with Crippen LogP contribution in [0.5, 0.6) is 0 Å². The van der Waals surface area contributed by atoms with Crippen molar-refractivity contribution >= 4 is 34.0 Å². The first-order valence-electron chi connectivity index (χ1n) is 7.36. The van der Waals surface area contributed by atoms with Crippen molar-refractivity contribution in [2.45, 2.75) is 19.8 Å². The smallest absolute Gasteiger partial charge is 0.254 e. The molecule has 0 aromatic heterocycles. The molecule has 1 aromatic rings. The van der Waals surface area contributed by atoms with Crippen LogP contribution in [0.3, 0.4) is 0 Å². The summed E-state index contributed by atoms with van der Waals surface area (Å²) in [6.07, 6.45) is 2.94. The van der Waals surface area contributed by atoms with Crippen molar-refractivity contribution in [3.05, 3.63) is 29.3 Å². The highest BCUT2D eigenvalue weighted by Crippen LogP contribution is 2.21. The van der Waals surface area contributed by atoms with E-state index in [-0.39, 0.29) is 24.2 Å². The van der Waals surface area contributed by atoms with E-state index in [0.717, 1.165) is 24.7 Å². The summed E-state index contributed by atoms with van der Waals surface area (Å²) in [5.41, 5.74) is 7.86. The number of piperidine rings is 1. The summed E-state index contributed by atoms with van der Waals surface area (Å²) in [5.74, 6) is 0.114. The first kappa shape index (κ1) is 19.7. The zero-order valence-corrected chi connectivity index (χ0v) is 15.0. The zero-order valence-electron chi connectivity index (χ0n) is 13.4. The lowest BCUT2D eigenvalue weighted by molar-refractivity contribution is 0.0675. The van der Waals surface area contributed by atoms with Gasteiger partial charge in [0.05, 0.1) is 6.26 Å². The summed E-state index contributed by atoms with van der Waals surface area (Å²) in [4.78, 5) is 14.4. The number of rotatable bonds is 4. The summed E-state index contributed by atoms with van der Waals surface area (Å²) in [6, 6.07) is 5.33. The van der Waals surface area contributed by atoms with Gasteiger partial charge in [-0.3, -0.25) is 4.79 Å². The molecular formula is C15H24ClN3O3S. The Morgan fingerprint density at radius 2 is 2.13 bits per heavy atom. The number of nitrogens with one attached hydrogen (secondary N) is 1. The van der Waals surface area contributed by atoms with Gasteiger partial charge >= 0.3 is 0 Å². The Labute approximate surface area is 143 Å². The third-order valence-corrected chi connectivity index (χ3v) is 4.62. The average molecular weight is 362 g/mol. The Morgan fingerprint density at radius 3 is 2.78 bits per heavy atom. The lowest BCUT2D eigenvalue weighted by atomic mass is 9.97. The molecule has 3 N–H and O–H groups in total. The molecule has 6 nitrogen and oxygen atoms in total.